The van der Waals surface area contributed by atoms with Gasteiger partial charge >= 0.3 is 18.1 Å². The van der Waals surface area contributed by atoms with E-state index in [0.29, 0.717) is 25.0 Å². The van der Waals surface area contributed by atoms with Crippen LogP contribution < -0.4 is 11.1 Å². The van der Waals surface area contributed by atoms with E-state index in [4.69, 9.17) is 9.92 Å². The van der Waals surface area contributed by atoms with Gasteiger partial charge in [0.2, 0.25) is 0 Å². The summed E-state index contributed by atoms with van der Waals surface area (Å²) in [6.07, 6.45) is 10.0. The zero-order valence-electron chi connectivity index (χ0n) is 22.5. The molecule has 0 aliphatic carbocycles. The summed E-state index contributed by atoms with van der Waals surface area (Å²) in [6, 6.07) is 0.472. The number of amides is 1. The molecule has 1 aromatic heterocycles. The van der Waals surface area contributed by atoms with Crippen LogP contribution in [0.1, 0.15) is 89.9 Å². The molecule has 0 spiro atoms. The molecule has 0 aromatic carbocycles. The number of nitrogens with one attached hydrogen (secondary N) is 1. The van der Waals surface area contributed by atoms with Gasteiger partial charge in [-0.1, -0.05) is 43.7 Å². The van der Waals surface area contributed by atoms with Crippen molar-refractivity contribution in [2.45, 2.75) is 103 Å². The number of aliphatic hydroxyl groups excluding tert-OH is 1. The Labute approximate surface area is 221 Å². The van der Waals surface area contributed by atoms with Gasteiger partial charge in [-0.25, -0.2) is 14.8 Å². The Balaban J connectivity index is 1.92. The minimum Gasteiger partial charge on any atom is -0.396 e. The van der Waals surface area contributed by atoms with E-state index in [1.165, 1.54) is 3.98 Å². The average molecular weight is 521 g/mol. The molecule has 1 saturated heterocycles. The van der Waals surface area contributed by atoms with Gasteiger partial charge in [-0.05, 0) is 51.4 Å². The molecule has 1 amide bonds. The minimum absolute atomic E-state index is 0.170. The quantitative estimate of drug-likeness (QED) is 0.0964. The van der Waals surface area contributed by atoms with Gasteiger partial charge < -0.3 is 16.2 Å². The van der Waals surface area contributed by atoms with Crippen molar-refractivity contribution in [1.82, 2.24) is 15.3 Å². The van der Waals surface area contributed by atoms with E-state index in [2.05, 4.69) is 42.4 Å². The van der Waals surface area contributed by atoms with Crippen molar-refractivity contribution in [3.63, 3.8) is 0 Å². The fourth-order valence-corrected chi connectivity index (χ4v) is 5.45. The van der Waals surface area contributed by atoms with Crippen LogP contribution in [0.2, 0.25) is 0 Å². The number of hydrogen-bond donors (Lipinski definition) is 3. The molecule has 9 heteroatoms. The fraction of sp³-hybridized carbons (Fsp3) is 0.704. The SMILES string of the molecule is C=CCC(CC1NC(COS[N+](=C)C(=O)C(C)C(O)CCC)CC1C)c1ncnc(CCCC)c1N. The van der Waals surface area contributed by atoms with Gasteiger partial charge in [0, 0.05) is 18.0 Å². The van der Waals surface area contributed by atoms with Crippen LogP contribution in [0.4, 0.5) is 5.69 Å². The van der Waals surface area contributed by atoms with Gasteiger partial charge in [-0.3, -0.25) is 4.18 Å². The number of allylic oxidation sites excluding steroid dienone is 1. The molecule has 36 heavy (non-hydrogen) atoms. The second-order valence-corrected chi connectivity index (χ2v) is 10.9. The van der Waals surface area contributed by atoms with Crippen LogP contribution in [-0.2, 0) is 15.4 Å². The highest BCUT2D eigenvalue weighted by molar-refractivity contribution is 7.88. The van der Waals surface area contributed by atoms with Crippen LogP contribution in [0.5, 0.6) is 0 Å². The predicted octanol–water partition coefficient (Wildman–Crippen LogP) is 4.43. The molecular weight excluding hydrogens is 474 g/mol. The van der Waals surface area contributed by atoms with Crippen molar-refractivity contribution in [2.75, 3.05) is 12.3 Å². The lowest BCUT2D eigenvalue weighted by molar-refractivity contribution is -0.301. The fourth-order valence-electron chi connectivity index (χ4n) is 4.86. The molecule has 4 N–H and O–H groups in total. The molecule has 6 unspecified atom stereocenters. The summed E-state index contributed by atoms with van der Waals surface area (Å²) in [4.78, 5) is 21.5. The number of unbranched alkanes of at least 4 members (excludes halogenated alkanes) is 1. The van der Waals surface area contributed by atoms with Gasteiger partial charge in [-0.15, -0.1) is 6.58 Å². The monoisotopic (exact) mass is 520 g/mol. The molecule has 0 radical (unpaired) electrons. The topological polar surface area (TPSA) is 113 Å². The highest BCUT2D eigenvalue weighted by atomic mass is 32.2. The first-order valence-electron chi connectivity index (χ1n) is 13.3. The van der Waals surface area contributed by atoms with Gasteiger partial charge in [0.1, 0.15) is 12.2 Å². The van der Waals surface area contributed by atoms with Crippen molar-refractivity contribution in [2.24, 2.45) is 11.8 Å². The van der Waals surface area contributed by atoms with Crippen molar-refractivity contribution >= 4 is 30.5 Å². The lowest BCUT2D eigenvalue weighted by Gasteiger charge is -2.24. The average Bonchev–Trinajstić information content (AvgIpc) is 3.20. The number of aryl methyl sites for hydroxylation is 1. The molecule has 6 atom stereocenters. The Bertz CT molecular complexity index is 868. The maximum Gasteiger partial charge on any atom is 0.406 e. The Hall–Kier alpha value is -1.81. The molecule has 1 aromatic rings. The molecule has 0 saturated carbocycles. The number of anilines is 1. The molecule has 1 aliphatic rings. The number of carbonyl (C=O) groups excluding carboxylic acids is 1. The maximum absolute atomic E-state index is 12.5. The van der Waals surface area contributed by atoms with E-state index in [1.807, 2.05) is 13.0 Å². The number of rotatable bonds is 16. The highest BCUT2D eigenvalue weighted by Gasteiger charge is 2.35. The van der Waals surface area contributed by atoms with Gasteiger partial charge in [0.15, 0.2) is 6.72 Å². The third kappa shape index (κ3) is 8.64. The molecule has 1 fully saturated rings. The first-order chi connectivity index (χ1) is 17.2. The summed E-state index contributed by atoms with van der Waals surface area (Å²) in [5.41, 5.74) is 9.09. The first-order valence-corrected chi connectivity index (χ1v) is 14.0. The summed E-state index contributed by atoms with van der Waals surface area (Å²) in [7, 11) is 0. The van der Waals surface area contributed by atoms with Crippen molar-refractivity contribution < 1.29 is 18.1 Å². The lowest BCUT2D eigenvalue weighted by atomic mass is 9.87. The zero-order valence-corrected chi connectivity index (χ0v) is 23.3. The number of hydrogen-bond acceptors (Lipinski definition) is 8. The summed E-state index contributed by atoms with van der Waals surface area (Å²) in [5, 5.41) is 13.8. The second-order valence-electron chi connectivity index (χ2n) is 10.1. The Morgan fingerprint density at radius 1 is 1.42 bits per heavy atom. The van der Waals surface area contributed by atoms with Crippen molar-refractivity contribution in [1.29, 1.82) is 0 Å². The van der Waals surface area contributed by atoms with Crippen LogP contribution in [0.25, 0.3) is 0 Å². The van der Waals surface area contributed by atoms with Crippen molar-refractivity contribution in [3.05, 3.63) is 30.4 Å². The van der Waals surface area contributed by atoms with Gasteiger partial charge in [0.25, 0.3) is 0 Å². The summed E-state index contributed by atoms with van der Waals surface area (Å²) in [6.45, 7) is 16.3. The Morgan fingerprint density at radius 3 is 2.83 bits per heavy atom. The van der Waals surface area contributed by atoms with E-state index in [-0.39, 0.29) is 17.9 Å². The van der Waals surface area contributed by atoms with E-state index >= 15 is 0 Å². The first kappa shape index (κ1) is 30.4. The second kappa shape index (κ2) is 15.4. The number of nitrogens with zero attached hydrogens (tertiary/aromatic N) is 3. The molecule has 2 rings (SSSR count). The van der Waals surface area contributed by atoms with Crippen LogP contribution in [0, 0.1) is 11.8 Å². The molecule has 8 nitrogen and oxygen atoms in total. The van der Waals surface area contributed by atoms with Crippen LogP contribution >= 0.6 is 12.2 Å². The molecule has 1 aliphatic heterocycles. The Kier molecular flexibility index (Phi) is 13.0. The van der Waals surface area contributed by atoms with Crippen LogP contribution in [0.15, 0.2) is 19.0 Å². The van der Waals surface area contributed by atoms with E-state index in [0.717, 1.165) is 74.2 Å². The van der Waals surface area contributed by atoms with E-state index in [1.54, 1.807) is 13.3 Å². The summed E-state index contributed by atoms with van der Waals surface area (Å²) in [5.74, 6) is -0.116. The normalized spacial score (nSPS) is 22.2. The minimum atomic E-state index is -0.666. The maximum atomic E-state index is 12.5. The predicted molar refractivity (Wildman–Crippen MR) is 148 cm³/mol. The number of nitrogens with two attached hydrogens (primary N) is 1. The van der Waals surface area contributed by atoms with Gasteiger partial charge in [-0.2, -0.15) is 0 Å². The van der Waals surface area contributed by atoms with E-state index < -0.39 is 12.0 Å². The third-order valence-electron chi connectivity index (χ3n) is 7.14. The zero-order chi connectivity index (χ0) is 26.7. The number of nitrogen functional groups attached to an aromatic ring is 1. The smallest absolute Gasteiger partial charge is 0.396 e. The number of aliphatic hydroxyl groups is 1. The van der Waals surface area contributed by atoms with Gasteiger partial charge in [0.05, 0.1) is 29.8 Å². The standard InChI is InChI=1S/C27H46N5O3S/c1-7-10-13-22-25(28)26(30-17-29-22)20(11-8-2)15-23-18(4)14-21(31-23)16-35-36-32(6)27(34)19(5)24(33)12-9-3/h8,17-21,23-24,31,33H,2,6-7,9-16,28H2,1,3-5H3/q+1. The van der Waals surface area contributed by atoms with E-state index in [9.17, 15) is 9.90 Å². The molecule has 2 heterocycles. The highest BCUT2D eigenvalue weighted by Crippen LogP contribution is 2.34. The number of aromatic nitrogens is 2. The molecule has 0 bridgehead atoms. The van der Waals surface area contributed by atoms with Crippen LogP contribution in [0.3, 0.4) is 0 Å². The molecule has 202 valence electrons. The largest absolute Gasteiger partial charge is 0.406 e. The Morgan fingerprint density at radius 2 is 2.17 bits per heavy atom. The van der Waals surface area contributed by atoms with Crippen LogP contribution in [-0.4, -0.2) is 56.5 Å². The number of carbonyl (C=O) groups is 1. The summed E-state index contributed by atoms with van der Waals surface area (Å²) >= 11 is 0.941. The van der Waals surface area contributed by atoms with Crippen molar-refractivity contribution in [3.8, 4) is 0 Å². The summed E-state index contributed by atoms with van der Waals surface area (Å²) < 4.78 is 6.98. The molecular formula is C27H46N5O3S+. The third-order valence-corrected chi connectivity index (χ3v) is 7.74. The lowest BCUT2D eigenvalue weighted by Crippen LogP contribution is -2.35.